The van der Waals surface area contributed by atoms with Crippen LogP contribution in [0.5, 0.6) is 0 Å². The van der Waals surface area contributed by atoms with E-state index in [1.807, 2.05) is 0 Å². The van der Waals surface area contributed by atoms with Crippen LogP contribution in [0.25, 0.3) is 0 Å². The van der Waals surface area contributed by atoms with E-state index in [2.05, 4.69) is 0 Å². The second-order valence-electron chi connectivity index (χ2n) is 7.91. The van der Waals surface area contributed by atoms with E-state index in [-0.39, 0.29) is 22.9 Å². The van der Waals surface area contributed by atoms with Gasteiger partial charge in [-0.25, -0.2) is 30.0 Å². The summed E-state index contributed by atoms with van der Waals surface area (Å²) in [6, 6.07) is 0. The molecule has 0 radical (unpaired) electrons. The number of amides is 1. The van der Waals surface area contributed by atoms with Crippen molar-refractivity contribution in [3.05, 3.63) is 0 Å². The maximum Gasteiger partial charge on any atom is 0.512 e. The molecule has 0 aliphatic heterocycles. The first-order valence-electron chi connectivity index (χ1n) is 8.33. The van der Waals surface area contributed by atoms with Crippen molar-refractivity contribution < 1.29 is 56.8 Å². The minimum atomic E-state index is -6.88. The van der Waals surface area contributed by atoms with Crippen molar-refractivity contribution in [2.75, 3.05) is 5.75 Å². The smallest absolute Gasteiger partial charge is 0.299 e. The van der Waals surface area contributed by atoms with E-state index in [0.29, 0.717) is 6.42 Å². The van der Waals surface area contributed by atoms with Crippen molar-refractivity contribution >= 4 is 41.8 Å². The first-order chi connectivity index (χ1) is 13.5. The number of halogens is 5. The van der Waals surface area contributed by atoms with Gasteiger partial charge in [0.15, 0.2) is 0 Å². The van der Waals surface area contributed by atoms with E-state index in [1.54, 1.807) is 13.8 Å². The summed E-state index contributed by atoms with van der Waals surface area (Å²) in [5.41, 5.74) is -8.72. The molecular weight excluding hydrogens is 503 g/mol. The first kappa shape index (κ1) is 25.9. The molecule has 2 aliphatic carbocycles. The zero-order chi connectivity index (χ0) is 24.5. The number of sulfonamides is 3. The number of hydrogen-bond acceptors (Lipinski definition) is 8. The average Bonchev–Trinajstić information content (AvgIpc) is 2.85. The molecular formula is C13H17F5N2O8S3. The lowest BCUT2D eigenvalue weighted by Crippen LogP contribution is -2.56. The molecule has 18 heteroatoms. The van der Waals surface area contributed by atoms with E-state index in [1.165, 1.54) is 0 Å². The average molecular weight is 520 g/mol. The summed E-state index contributed by atoms with van der Waals surface area (Å²) in [6.45, 7) is 3.16. The maximum atomic E-state index is 13.9. The largest absolute Gasteiger partial charge is 0.512 e. The zero-order valence-electron chi connectivity index (χ0n) is 15.8. The zero-order valence-corrected chi connectivity index (χ0v) is 18.2. The third kappa shape index (κ3) is 4.06. The highest BCUT2D eigenvalue weighted by atomic mass is 32.3. The van der Waals surface area contributed by atoms with Crippen molar-refractivity contribution in [1.29, 1.82) is 0 Å². The fraction of sp³-hybridized carbons (Fsp3) is 0.846. The number of carbonyl (C=O) groups is 2. The molecule has 31 heavy (non-hydrogen) atoms. The fourth-order valence-electron chi connectivity index (χ4n) is 4.04. The Morgan fingerprint density at radius 2 is 1.55 bits per heavy atom. The molecule has 2 saturated carbocycles. The van der Waals surface area contributed by atoms with Crippen LogP contribution in [-0.4, -0.2) is 53.5 Å². The van der Waals surface area contributed by atoms with E-state index in [4.69, 9.17) is 0 Å². The lowest BCUT2D eigenvalue weighted by Gasteiger charge is -2.36. The van der Waals surface area contributed by atoms with Crippen molar-refractivity contribution in [3.63, 3.8) is 0 Å². The molecule has 2 fully saturated rings. The molecule has 0 saturated heterocycles. The van der Waals surface area contributed by atoms with Gasteiger partial charge in [-0.15, -0.1) is 0 Å². The summed E-state index contributed by atoms with van der Waals surface area (Å²) in [6.07, 6.45) is 0.546. The Bertz CT molecular complexity index is 1130. The number of nitrogens with one attached hydrogen (secondary N) is 2. The van der Waals surface area contributed by atoms with Crippen LogP contribution in [0.15, 0.2) is 0 Å². The lowest BCUT2D eigenvalue weighted by atomic mass is 9.70. The quantitative estimate of drug-likeness (QED) is 0.450. The summed E-state index contributed by atoms with van der Waals surface area (Å²) in [5.74, 6) is -4.92. The number of hydrogen-bond donors (Lipinski definition) is 2. The number of ketones is 1. The molecule has 1 amide bonds. The molecule has 0 aromatic heterocycles. The standard InChI is InChI=1S/C13H17F5N2O8S3/c1-10(2)7-3-4-11(10,8(21)5-7)6-29(23,24)19-9(22)12(14,15)30(25,26)20-31(27,28)13(16,17)18/h7,20H,3-6H2,1-2H3,(H,19,22). The van der Waals surface area contributed by atoms with E-state index in [9.17, 15) is 56.8 Å². The number of carbonyl (C=O) groups excluding carboxylic acids is 2. The van der Waals surface area contributed by atoms with Crippen LogP contribution < -0.4 is 8.85 Å². The van der Waals surface area contributed by atoms with Crippen LogP contribution in [0, 0.1) is 16.7 Å². The third-order valence-electron chi connectivity index (χ3n) is 5.95. The second-order valence-corrected chi connectivity index (χ2v) is 13.3. The van der Waals surface area contributed by atoms with E-state index >= 15 is 0 Å². The topological polar surface area (TPSA) is 161 Å². The van der Waals surface area contributed by atoms with Gasteiger partial charge in [-0.3, -0.25) is 9.59 Å². The Kier molecular flexibility index (Phi) is 5.88. The van der Waals surface area contributed by atoms with Crippen molar-refractivity contribution in [1.82, 2.24) is 8.85 Å². The van der Waals surface area contributed by atoms with Crippen LogP contribution in [0.2, 0.25) is 0 Å². The van der Waals surface area contributed by atoms with Gasteiger partial charge < -0.3 is 0 Å². The summed E-state index contributed by atoms with van der Waals surface area (Å²) in [5, 5.41) is -5.93. The van der Waals surface area contributed by atoms with Gasteiger partial charge in [0.1, 0.15) is 5.78 Å². The van der Waals surface area contributed by atoms with Gasteiger partial charge in [-0.2, -0.15) is 22.0 Å². The summed E-state index contributed by atoms with van der Waals surface area (Å²) < 4.78 is 134. The molecule has 2 bridgehead atoms. The van der Waals surface area contributed by atoms with Crippen molar-refractivity contribution in [3.8, 4) is 0 Å². The normalized spacial score (nSPS) is 26.8. The summed E-state index contributed by atoms with van der Waals surface area (Å²) in [4.78, 5) is 24.0. The monoisotopic (exact) mass is 520 g/mol. The molecule has 0 spiro atoms. The maximum absolute atomic E-state index is 13.9. The number of rotatable bonds is 7. The van der Waals surface area contributed by atoms with Crippen LogP contribution in [0.1, 0.15) is 33.1 Å². The SMILES string of the molecule is CC1(C)C2CCC1(CS(=O)(=O)NC(=O)C(F)(F)S(=O)(=O)NS(=O)(=O)C(F)(F)F)C(=O)C2. The predicted octanol–water partition coefficient (Wildman–Crippen LogP) is 0.190. The first-order valence-corrected chi connectivity index (χ1v) is 12.9. The van der Waals surface area contributed by atoms with Gasteiger partial charge in [0.2, 0.25) is 10.0 Å². The van der Waals surface area contributed by atoms with Crippen LogP contribution >= 0.6 is 0 Å². The molecule has 10 nitrogen and oxygen atoms in total. The Morgan fingerprint density at radius 3 is 1.94 bits per heavy atom. The van der Waals surface area contributed by atoms with Crippen molar-refractivity contribution in [2.45, 2.75) is 43.9 Å². The minimum Gasteiger partial charge on any atom is -0.299 e. The second kappa shape index (κ2) is 7.05. The molecule has 0 aromatic carbocycles. The highest BCUT2D eigenvalue weighted by molar-refractivity contribution is 8.06. The van der Waals surface area contributed by atoms with Gasteiger partial charge in [-0.1, -0.05) is 18.0 Å². The van der Waals surface area contributed by atoms with E-state index in [0.717, 1.165) is 4.72 Å². The van der Waals surface area contributed by atoms with Crippen LogP contribution in [0.3, 0.4) is 0 Å². The van der Waals surface area contributed by atoms with E-state index < -0.39 is 69.1 Å². The predicted molar refractivity (Wildman–Crippen MR) is 92.5 cm³/mol. The number of fused-ring (bicyclic) bond motifs is 2. The molecule has 2 atom stereocenters. The highest BCUT2D eigenvalue weighted by Gasteiger charge is 2.66. The van der Waals surface area contributed by atoms with Gasteiger partial charge in [0.25, 0.3) is 0 Å². The molecule has 2 aliphatic rings. The number of Topliss-reactive ketones (excluding diaryl/α,β-unsaturated/α-hetero) is 1. The Labute approximate surface area is 174 Å². The van der Waals surface area contributed by atoms with Gasteiger partial charge in [0, 0.05) is 6.42 Å². The van der Waals surface area contributed by atoms with Crippen LogP contribution in [0.4, 0.5) is 22.0 Å². The molecule has 2 unspecified atom stereocenters. The number of alkyl halides is 5. The minimum absolute atomic E-state index is 0.0280. The van der Waals surface area contributed by atoms with Crippen molar-refractivity contribution in [2.24, 2.45) is 16.7 Å². The molecule has 180 valence electrons. The Hall–Kier alpha value is -1.40. The Balaban J connectivity index is 2.28. The summed E-state index contributed by atoms with van der Waals surface area (Å²) in [7, 11) is -18.8. The molecule has 0 heterocycles. The molecule has 0 aromatic rings. The van der Waals surface area contributed by atoms with Gasteiger partial charge in [0.05, 0.1) is 11.2 Å². The van der Waals surface area contributed by atoms with Crippen LogP contribution in [-0.2, 0) is 39.7 Å². The van der Waals surface area contributed by atoms with Gasteiger partial charge >= 0.3 is 36.7 Å². The molecule has 2 rings (SSSR count). The van der Waals surface area contributed by atoms with Gasteiger partial charge in [-0.05, 0) is 24.2 Å². The summed E-state index contributed by atoms with van der Waals surface area (Å²) >= 11 is 0. The fourth-order valence-corrected chi connectivity index (χ4v) is 8.16. The Morgan fingerprint density at radius 1 is 1.03 bits per heavy atom. The molecule has 2 N–H and O–H groups in total. The lowest BCUT2D eigenvalue weighted by molar-refractivity contribution is -0.134. The third-order valence-corrected chi connectivity index (χ3v) is 10.5. The highest BCUT2D eigenvalue weighted by Crippen LogP contribution is 2.64.